The molecule has 90 valence electrons. The lowest BCUT2D eigenvalue weighted by Crippen LogP contribution is -2.40. The highest BCUT2D eigenvalue weighted by Gasteiger charge is 2.16. The third-order valence-electron chi connectivity index (χ3n) is 2.24. The molecule has 1 aromatic rings. The first-order valence-electron chi connectivity index (χ1n) is 5.48. The molecule has 1 atom stereocenters. The molecule has 2 N–H and O–H groups in total. The second kappa shape index (κ2) is 5.12. The maximum Gasteiger partial charge on any atom is 0.244 e. The zero-order chi connectivity index (χ0) is 12.3. The summed E-state index contributed by atoms with van der Waals surface area (Å²) in [5.41, 5.74) is 5.54. The minimum Gasteiger partial charge on any atom is -0.320 e. The van der Waals surface area contributed by atoms with Crippen molar-refractivity contribution in [3.05, 3.63) is 12.3 Å². The van der Waals surface area contributed by atoms with Gasteiger partial charge in [0.1, 0.15) is 0 Å². The number of carbonyl (C=O) groups excluding carboxylic acids is 1. The van der Waals surface area contributed by atoms with E-state index in [1.807, 2.05) is 16.9 Å². The van der Waals surface area contributed by atoms with Crippen LogP contribution in [0.5, 0.6) is 0 Å². The summed E-state index contributed by atoms with van der Waals surface area (Å²) in [5, 5.41) is 4.32. The molecule has 0 saturated carbocycles. The molecule has 0 unspecified atom stereocenters. The van der Waals surface area contributed by atoms with E-state index in [9.17, 15) is 4.79 Å². The van der Waals surface area contributed by atoms with Crippen molar-refractivity contribution in [1.29, 1.82) is 0 Å². The molecule has 0 spiro atoms. The zero-order valence-corrected chi connectivity index (χ0v) is 10.3. The molecule has 1 heterocycles. The number of aromatic nitrogens is 2. The van der Waals surface area contributed by atoms with E-state index in [1.54, 1.807) is 14.0 Å². The molecular weight excluding hydrogens is 204 g/mol. The summed E-state index contributed by atoms with van der Waals surface area (Å²) in [4.78, 5) is 13.1. The van der Waals surface area contributed by atoms with Crippen LogP contribution in [0.2, 0.25) is 0 Å². The molecule has 1 rings (SSSR count). The summed E-state index contributed by atoms with van der Waals surface area (Å²) in [6.07, 6.45) is 1.88. The molecule has 0 saturated heterocycles. The fourth-order valence-electron chi connectivity index (χ4n) is 1.42. The van der Waals surface area contributed by atoms with Crippen LogP contribution in [0.4, 0.5) is 5.82 Å². The Kier molecular flexibility index (Phi) is 4.06. The Bertz CT molecular complexity index is 357. The van der Waals surface area contributed by atoms with Gasteiger partial charge in [0.2, 0.25) is 5.91 Å². The molecule has 0 radical (unpaired) electrons. The van der Waals surface area contributed by atoms with Crippen LogP contribution in [0.15, 0.2) is 12.3 Å². The monoisotopic (exact) mass is 224 g/mol. The van der Waals surface area contributed by atoms with Crippen LogP contribution in [0.25, 0.3) is 0 Å². The van der Waals surface area contributed by atoms with Gasteiger partial charge in [0.25, 0.3) is 0 Å². The van der Waals surface area contributed by atoms with Gasteiger partial charge in [-0.05, 0) is 12.8 Å². The number of rotatable bonds is 4. The van der Waals surface area contributed by atoms with E-state index in [4.69, 9.17) is 5.73 Å². The number of carbonyl (C=O) groups is 1. The first kappa shape index (κ1) is 12.7. The smallest absolute Gasteiger partial charge is 0.244 e. The van der Waals surface area contributed by atoms with Crippen LogP contribution in [0.1, 0.15) is 20.8 Å². The van der Waals surface area contributed by atoms with Crippen LogP contribution >= 0.6 is 0 Å². The molecule has 0 aliphatic heterocycles. The zero-order valence-electron chi connectivity index (χ0n) is 10.3. The van der Waals surface area contributed by atoms with Crippen molar-refractivity contribution < 1.29 is 4.79 Å². The Morgan fingerprint density at radius 3 is 2.69 bits per heavy atom. The van der Waals surface area contributed by atoms with Gasteiger partial charge >= 0.3 is 0 Å². The predicted molar refractivity (Wildman–Crippen MR) is 64.1 cm³/mol. The molecule has 0 fully saturated rings. The summed E-state index contributed by atoms with van der Waals surface area (Å²) in [7, 11) is 1.69. The lowest BCUT2D eigenvalue weighted by atomic mass is 10.2. The molecule has 0 bridgehead atoms. The molecule has 0 aromatic carbocycles. The fourth-order valence-corrected chi connectivity index (χ4v) is 1.42. The maximum atomic E-state index is 11.6. The Labute approximate surface area is 96.2 Å². The van der Waals surface area contributed by atoms with Gasteiger partial charge in [-0.15, -0.1) is 0 Å². The number of likely N-dealkylation sites (N-methyl/N-ethyl adjacent to an activating group) is 1. The van der Waals surface area contributed by atoms with Crippen LogP contribution in [-0.2, 0) is 11.3 Å². The molecule has 16 heavy (non-hydrogen) atoms. The van der Waals surface area contributed by atoms with E-state index in [-0.39, 0.29) is 5.91 Å². The lowest BCUT2D eigenvalue weighted by Gasteiger charge is -2.16. The quantitative estimate of drug-likeness (QED) is 0.824. The minimum atomic E-state index is -0.500. The van der Waals surface area contributed by atoms with Gasteiger partial charge in [-0.25, -0.2) is 0 Å². The van der Waals surface area contributed by atoms with Crippen LogP contribution < -0.4 is 10.6 Å². The summed E-state index contributed by atoms with van der Waals surface area (Å²) in [6.45, 7) is 6.76. The SMILES string of the molecule is CC(C)Cn1ccc(N(C)C(=O)[C@H](C)N)n1. The Balaban J connectivity index is 2.74. The number of hydrogen-bond acceptors (Lipinski definition) is 3. The molecule has 0 aliphatic rings. The Hall–Kier alpha value is -1.36. The Morgan fingerprint density at radius 1 is 1.56 bits per heavy atom. The number of amides is 1. The van der Waals surface area contributed by atoms with E-state index in [2.05, 4.69) is 18.9 Å². The van der Waals surface area contributed by atoms with Crippen molar-refractivity contribution in [1.82, 2.24) is 9.78 Å². The second-order valence-corrected chi connectivity index (χ2v) is 4.48. The maximum absolute atomic E-state index is 11.6. The van der Waals surface area contributed by atoms with E-state index < -0.39 is 6.04 Å². The average Bonchev–Trinajstić information content (AvgIpc) is 2.62. The van der Waals surface area contributed by atoms with Gasteiger partial charge in [0.15, 0.2) is 5.82 Å². The van der Waals surface area contributed by atoms with Crippen molar-refractivity contribution in [2.45, 2.75) is 33.4 Å². The van der Waals surface area contributed by atoms with Gasteiger partial charge in [-0.2, -0.15) is 5.10 Å². The van der Waals surface area contributed by atoms with E-state index in [0.717, 1.165) is 6.54 Å². The predicted octanol–water partition coefficient (Wildman–Crippen LogP) is 0.849. The van der Waals surface area contributed by atoms with Crippen molar-refractivity contribution in [3.63, 3.8) is 0 Å². The first-order valence-corrected chi connectivity index (χ1v) is 5.48. The minimum absolute atomic E-state index is 0.130. The van der Waals surface area contributed by atoms with E-state index >= 15 is 0 Å². The first-order chi connectivity index (χ1) is 7.41. The molecule has 0 aliphatic carbocycles. The number of hydrogen-bond donors (Lipinski definition) is 1. The summed E-state index contributed by atoms with van der Waals surface area (Å²) in [5.74, 6) is 1.04. The van der Waals surface area contributed by atoms with Gasteiger partial charge in [-0.3, -0.25) is 14.4 Å². The highest BCUT2D eigenvalue weighted by molar-refractivity contribution is 5.95. The molecule has 5 heteroatoms. The standard InChI is InChI=1S/C11H20N4O/c1-8(2)7-15-6-5-10(13-15)14(4)11(16)9(3)12/h5-6,8-9H,7,12H2,1-4H3/t9-/m0/s1. The third-order valence-corrected chi connectivity index (χ3v) is 2.24. The highest BCUT2D eigenvalue weighted by Crippen LogP contribution is 2.10. The number of anilines is 1. The molecule has 1 aromatic heterocycles. The topological polar surface area (TPSA) is 64.2 Å². The van der Waals surface area contributed by atoms with E-state index in [1.165, 1.54) is 4.90 Å². The largest absolute Gasteiger partial charge is 0.320 e. The van der Waals surface area contributed by atoms with Crippen LogP contribution in [0, 0.1) is 5.92 Å². The van der Waals surface area contributed by atoms with Crippen molar-refractivity contribution in [2.75, 3.05) is 11.9 Å². The highest BCUT2D eigenvalue weighted by atomic mass is 16.2. The van der Waals surface area contributed by atoms with Crippen molar-refractivity contribution >= 4 is 11.7 Å². The molecular formula is C11H20N4O. The summed E-state index contributed by atoms with van der Waals surface area (Å²) >= 11 is 0. The fraction of sp³-hybridized carbons (Fsp3) is 0.636. The number of nitrogens with two attached hydrogens (primary N) is 1. The van der Waals surface area contributed by atoms with Crippen molar-refractivity contribution in [2.24, 2.45) is 11.7 Å². The van der Waals surface area contributed by atoms with Crippen LogP contribution in [0.3, 0.4) is 0 Å². The summed E-state index contributed by atoms with van der Waals surface area (Å²) < 4.78 is 1.84. The second-order valence-electron chi connectivity index (χ2n) is 4.48. The van der Waals surface area contributed by atoms with Gasteiger partial charge in [-0.1, -0.05) is 13.8 Å². The normalized spacial score (nSPS) is 12.9. The molecule has 5 nitrogen and oxygen atoms in total. The van der Waals surface area contributed by atoms with Gasteiger partial charge < -0.3 is 5.73 Å². The number of nitrogens with zero attached hydrogens (tertiary/aromatic N) is 3. The summed E-state index contributed by atoms with van der Waals surface area (Å²) in [6, 6.07) is 1.32. The Morgan fingerprint density at radius 2 is 2.19 bits per heavy atom. The third kappa shape index (κ3) is 3.06. The van der Waals surface area contributed by atoms with Gasteiger partial charge in [0, 0.05) is 25.9 Å². The van der Waals surface area contributed by atoms with E-state index in [0.29, 0.717) is 11.7 Å². The lowest BCUT2D eigenvalue weighted by molar-refractivity contribution is -0.119. The van der Waals surface area contributed by atoms with Crippen LogP contribution in [-0.4, -0.2) is 28.8 Å². The van der Waals surface area contributed by atoms with Crippen molar-refractivity contribution in [3.8, 4) is 0 Å². The molecule has 1 amide bonds. The van der Waals surface area contributed by atoms with Gasteiger partial charge in [0.05, 0.1) is 6.04 Å². The average molecular weight is 224 g/mol.